The maximum atomic E-state index is 12.2. The number of ether oxygens (including phenoxy) is 1. The second-order valence-corrected chi connectivity index (χ2v) is 6.64. The van der Waals surface area contributed by atoms with Crippen molar-refractivity contribution in [3.8, 4) is 5.75 Å². The number of rotatable bonds is 6. The molecule has 0 aliphatic heterocycles. The summed E-state index contributed by atoms with van der Waals surface area (Å²) in [5.41, 5.74) is 0.658. The van der Waals surface area contributed by atoms with E-state index < -0.39 is 0 Å². The molecule has 1 heterocycles. The van der Waals surface area contributed by atoms with E-state index in [0.717, 1.165) is 9.47 Å². The molecule has 112 valence electrons. The molecule has 6 nitrogen and oxygen atoms in total. The van der Waals surface area contributed by atoms with Gasteiger partial charge in [-0.2, -0.15) is 0 Å². The van der Waals surface area contributed by atoms with Gasteiger partial charge in [0.25, 0.3) is 0 Å². The van der Waals surface area contributed by atoms with Crippen molar-refractivity contribution in [1.82, 2.24) is 10.2 Å². The molecule has 0 fully saturated rings. The zero-order valence-corrected chi connectivity index (χ0v) is 13.5. The van der Waals surface area contributed by atoms with Gasteiger partial charge in [0, 0.05) is 7.05 Å². The number of benzene rings is 1. The van der Waals surface area contributed by atoms with Gasteiger partial charge in [-0.3, -0.25) is 4.79 Å². The van der Waals surface area contributed by atoms with Gasteiger partial charge in [-0.05, 0) is 19.1 Å². The second kappa shape index (κ2) is 7.28. The molecular formula is C13H16N4O2S2. The Morgan fingerprint density at radius 1 is 1.38 bits per heavy atom. The fourth-order valence-corrected chi connectivity index (χ4v) is 3.39. The van der Waals surface area contributed by atoms with Gasteiger partial charge >= 0.3 is 0 Å². The highest BCUT2D eigenvalue weighted by Gasteiger charge is 2.18. The lowest BCUT2D eigenvalue weighted by Crippen LogP contribution is -2.22. The molecule has 0 aliphatic carbocycles. The van der Waals surface area contributed by atoms with Gasteiger partial charge in [-0.1, -0.05) is 35.2 Å². The van der Waals surface area contributed by atoms with Crippen LogP contribution in [0.2, 0.25) is 0 Å². The largest absolute Gasteiger partial charge is 0.495 e. The lowest BCUT2D eigenvalue weighted by Gasteiger charge is -2.12. The predicted octanol–water partition coefficient (Wildman–Crippen LogP) is 2.71. The van der Waals surface area contributed by atoms with Crippen molar-refractivity contribution in [3.05, 3.63) is 24.3 Å². The maximum absolute atomic E-state index is 12.2. The molecule has 21 heavy (non-hydrogen) atoms. The minimum atomic E-state index is -0.285. The van der Waals surface area contributed by atoms with E-state index in [2.05, 4.69) is 20.8 Å². The van der Waals surface area contributed by atoms with Crippen LogP contribution in [0.5, 0.6) is 5.75 Å². The van der Waals surface area contributed by atoms with E-state index >= 15 is 0 Å². The average molecular weight is 324 g/mol. The highest BCUT2D eigenvalue weighted by molar-refractivity contribution is 8.02. The third-order valence-corrected chi connectivity index (χ3v) is 4.76. The molecule has 2 aromatic rings. The molecule has 2 N–H and O–H groups in total. The summed E-state index contributed by atoms with van der Waals surface area (Å²) in [6, 6.07) is 7.31. The topological polar surface area (TPSA) is 76.1 Å². The second-order valence-electron chi connectivity index (χ2n) is 4.07. The van der Waals surface area contributed by atoms with Crippen LogP contribution in [-0.4, -0.2) is 35.5 Å². The first-order valence-electron chi connectivity index (χ1n) is 6.26. The van der Waals surface area contributed by atoms with Crippen molar-refractivity contribution in [3.63, 3.8) is 0 Å². The molecule has 0 saturated heterocycles. The molecule has 1 aromatic carbocycles. The molecule has 0 saturated carbocycles. The summed E-state index contributed by atoms with van der Waals surface area (Å²) in [4.78, 5) is 12.2. The van der Waals surface area contributed by atoms with E-state index in [1.54, 1.807) is 26.3 Å². The van der Waals surface area contributed by atoms with Crippen molar-refractivity contribution >= 4 is 39.8 Å². The van der Waals surface area contributed by atoms with E-state index in [4.69, 9.17) is 4.74 Å². The summed E-state index contributed by atoms with van der Waals surface area (Å²) in [6.45, 7) is 1.83. The van der Waals surface area contributed by atoms with Gasteiger partial charge in [0.15, 0.2) is 4.34 Å². The van der Waals surface area contributed by atoms with Crippen LogP contribution in [0, 0.1) is 0 Å². The standard InChI is InChI=1S/C13H16N4O2S2/c1-8(20-13-17-16-12(14-2)21-13)11(18)15-9-6-4-5-7-10(9)19-3/h4-8H,1-3H3,(H,14,16)(H,15,18)/t8-/m1/s1. The van der Waals surface area contributed by atoms with Crippen LogP contribution in [0.15, 0.2) is 28.6 Å². The number of carbonyl (C=O) groups is 1. The van der Waals surface area contributed by atoms with Gasteiger partial charge in [0.1, 0.15) is 5.75 Å². The van der Waals surface area contributed by atoms with Crippen LogP contribution >= 0.6 is 23.1 Å². The Morgan fingerprint density at radius 3 is 2.81 bits per heavy atom. The van der Waals surface area contributed by atoms with E-state index in [0.29, 0.717) is 11.4 Å². The minimum absolute atomic E-state index is 0.106. The Hall–Kier alpha value is -1.80. The minimum Gasteiger partial charge on any atom is -0.495 e. The van der Waals surface area contributed by atoms with Gasteiger partial charge in [-0.15, -0.1) is 10.2 Å². The van der Waals surface area contributed by atoms with Gasteiger partial charge in [-0.25, -0.2) is 0 Å². The third-order valence-electron chi connectivity index (χ3n) is 2.63. The van der Waals surface area contributed by atoms with E-state index in [1.807, 2.05) is 19.1 Å². The van der Waals surface area contributed by atoms with Crippen LogP contribution in [0.1, 0.15) is 6.92 Å². The van der Waals surface area contributed by atoms with Gasteiger partial charge < -0.3 is 15.4 Å². The number of amides is 1. The van der Waals surface area contributed by atoms with Gasteiger partial charge in [0.05, 0.1) is 18.0 Å². The summed E-state index contributed by atoms with van der Waals surface area (Å²) in [5.74, 6) is 0.530. The molecule has 0 radical (unpaired) electrons. The van der Waals surface area contributed by atoms with Crippen molar-refractivity contribution in [2.24, 2.45) is 0 Å². The Bertz CT molecular complexity index is 618. The highest BCUT2D eigenvalue weighted by Crippen LogP contribution is 2.30. The summed E-state index contributed by atoms with van der Waals surface area (Å²) < 4.78 is 5.96. The number of methoxy groups -OCH3 is 1. The van der Waals surface area contributed by atoms with E-state index in [1.165, 1.54) is 23.1 Å². The number of hydrogen-bond donors (Lipinski definition) is 2. The number of nitrogens with one attached hydrogen (secondary N) is 2. The van der Waals surface area contributed by atoms with Crippen LogP contribution in [-0.2, 0) is 4.79 Å². The molecule has 0 bridgehead atoms. The molecule has 1 aromatic heterocycles. The number of thioether (sulfide) groups is 1. The van der Waals surface area contributed by atoms with Crippen molar-refractivity contribution in [1.29, 1.82) is 0 Å². The number of anilines is 2. The average Bonchev–Trinajstić information content (AvgIpc) is 2.95. The number of carbonyl (C=O) groups excluding carboxylic acids is 1. The fraction of sp³-hybridized carbons (Fsp3) is 0.308. The molecule has 1 amide bonds. The monoisotopic (exact) mass is 324 g/mol. The quantitative estimate of drug-likeness (QED) is 0.796. The first kappa shape index (κ1) is 15.6. The molecular weight excluding hydrogens is 308 g/mol. The molecule has 0 spiro atoms. The smallest absolute Gasteiger partial charge is 0.237 e. The first-order chi connectivity index (χ1) is 10.1. The lowest BCUT2D eigenvalue weighted by atomic mass is 10.3. The lowest BCUT2D eigenvalue weighted by molar-refractivity contribution is -0.115. The maximum Gasteiger partial charge on any atom is 0.237 e. The van der Waals surface area contributed by atoms with Crippen molar-refractivity contribution in [2.75, 3.05) is 24.8 Å². The SMILES string of the molecule is CNc1nnc(S[C@H](C)C(=O)Nc2ccccc2OC)s1. The summed E-state index contributed by atoms with van der Waals surface area (Å²) >= 11 is 2.79. The van der Waals surface area contributed by atoms with Crippen molar-refractivity contribution < 1.29 is 9.53 Å². The third kappa shape index (κ3) is 4.08. The molecule has 8 heteroatoms. The Labute approximate surface area is 131 Å². The van der Waals surface area contributed by atoms with Crippen LogP contribution in [0.3, 0.4) is 0 Å². The molecule has 0 unspecified atom stereocenters. The summed E-state index contributed by atoms with van der Waals surface area (Å²) in [5, 5.41) is 14.2. The number of hydrogen-bond acceptors (Lipinski definition) is 7. The molecule has 0 aliphatic rings. The van der Waals surface area contributed by atoms with Crippen LogP contribution in [0.25, 0.3) is 0 Å². The Balaban J connectivity index is 1.99. The highest BCUT2D eigenvalue weighted by atomic mass is 32.2. The zero-order chi connectivity index (χ0) is 15.2. The number of nitrogens with zero attached hydrogens (tertiary/aromatic N) is 2. The molecule has 2 rings (SSSR count). The van der Waals surface area contributed by atoms with Crippen LogP contribution < -0.4 is 15.4 Å². The summed E-state index contributed by atoms with van der Waals surface area (Å²) in [6.07, 6.45) is 0. The van der Waals surface area contributed by atoms with Crippen molar-refractivity contribution in [2.45, 2.75) is 16.5 Å². The zero-order valence-electron chi connectivity index (χ0n) is 11.9. The number of para-hydroxylation sites is 2. The fourth-order valence-electron chi connectivity index (χ4n) is 1.55. The number of aromatic nitrogens is 2. The summed E-state index contributed by atoms with van der Waals surface area (Å²) in [7, 11) is 3.36. The predicted molar refractivity (Wildman–Crippen MR) is 86.4 cm³/mol. The van der Waals surface area contributed by atoms with E-state index in [9.17, 15) is 4.79 Å². The molecule has 1 atom stereocenters. The van der Waals surface area contributed by atoms with Crippen LogP contribution in [0.4, 0.5) is 10.8 Å². The van der Waals surface area contributed by atoms with Gasteiger partial charge in [0.2, 0.25) is 11.0 Å². The Kier molecular flexibility index (Phi) is 5.40. The first-order valence-corrected chi connectivity index (χ1v) is 7.95. The Morgan fingerprint density at radius 2 is 2.14 bits per heavy atom. The normalized spacial score (nSPS) is 11.8. The van der Waals surface area contributed by atoms with E-state index in [-0.39, 0.29) is 11.2 Å².